The molecule has 0 aliphatic heterocycles. The van der Waals surface area contributed by atoms with E-state index in [9.17, 15) is 0 Å². The zero-order valence-corrected chi connectivity index (χ0v) is 24.3. The third-order valence-electron chi connectivity index (χ3n) is 8.60. The van der Waals surface area contributed by atoms with Crippen LogP contribution in [0, 0.1) is 0 Å². The number of anilines is 3. The third kappa shape index (κ3) is 4.11. The molecule has 4 nitrogen and oxygen atoms in total. The largest absolute Gasteiger partial charge is 0.436 e. The van der Waals surface area contributed by atoms with Gasteiger partial charge >= 0.3 is 0 Å². The second-order valence-corrected chi connectivity index (χ2v) is 11.2. The van der Waals surface area contributed by atoms with Crippen LogP contribution < -0.4 is 4.90 Å². The summed E-state index contributed by atoms with van der Waals surface area (Å²) in [5.41, 5.74) is 9.26. The van der Waals surface area contributed by atoms with Crippen LogP contribution in [0.15, 0.2) is 168 Å². The van der Waals surface area contributed by atoms with Crippen molar-refractivity contribution in [3.05, 3.63) is 164 Å². The van der Waals surface area contributed by atoms with E-state index in [0.29, 0.717) is 5.89 Å². The number of oxazole rings is 1. The van der Waals surface area contributed by atoms with Crippen LogP contribution in [0.3, 0.4) is 0 Å². The van der Waals surface area contributed by atoms with Gasteiger partial charge in [0.05, 0.1) is 16.7 Å². The molecule has 0 bridgehead atoms. The quantitative estimate of drug-likeness (QED) is 0.204. The van der Waals surface area contributed by atoms with Crippen LogP contribution in [-0.4, -0.2) is 9.55 Å². The van der Waals surface area contributed by atoms with Gasteiger partial charge in [0, 0.05) is 38.8 Å². The Kier molecular flexibility index (Phi) is 5.78. The Bertz CT molecular complexity index is 2420. The number of hydrogen-bond acceptors (Lipinski definition) is 3. The van der Waals surface area contributed by atoms with Gasteiger partial charge in [-0.05, 0) is 78.2 Å². The topological polar surface area (TPSA) is 34.2 Å². The fourth-order valence-electron chi connectivity index (χ4n) is 6.59. The van der Waals surface area contributed by atoms with E-state index >= 15 is 0 Å². The van der Waals surface area contributed by atoms with Crippen molar-refractivity contribution in [1.29, 1.82) is 0 Å². The Labute approximate surface area is 260 Å². The van der Waals surface area contributed by atoms with Crippen molar-refractivity contribution in [1.82, 2.24) is 9.55 Å². The fourth-order valence-corrected chi connectivity index (χ4v) is 6.59. The number of fused-ring (bicyclic) bond motifs is 6. The molecule has 0 atom stereocenters. The van der Waals surface area contributed by atoms with Crippen molar-refractivity contribution in [3.63, 3.8) is 0 Å². The van der Waals surface area contributed by atoms with Crippen molar-refractivity contribution in [2.24, 2.45) is 0 Å². The molecule has 2 heterocycles. The van der Waals surface area contributed by atoms with E-state index < -0.39 is 0 Å². The third-order valence-corrected chi connectivity index (χ3v) is 8.60. The molecule has 9 rings (SSSR count). The highest BCUT2D eigenvalue weighted by atomic mass is 16.3. The van der Waals surface area contributed by atoms with Crippen molar-refractivity contribution in [3.8, 4) is 17.1 Å². The molecule has 0 saturated carbocycles. The minimum absolute atomic E-state index is 0.620. The number of hydrogen-bond donors (Lipinski definition) is 0. The van der Waals surface area contributed by atoms with E-state index in [2.05, 4.69) is 137 Å². The summed E-state index contributed by atoms with van der Waals surface area (Å²) >= 11 is 0. The molecule has 0 aliphatic rings. The predicted molar refractivity (Wildman–Crippen MR) is 186 cm³/mol. The lowest BCUT2D eigenvalue weighted by Gasteiger charge is -2.27. The number of rotatable bonds is 5. The maximum absolute atomic E-state index is 6.30. The van der Waals surface area contributed by atoms with Gasteiger partial charge in [0.1, 0.15) is 5.52 Å². The molecule has 212 valence electrons. The van der Waals surface area contributed by atoms with E-state index in [1.807, 2.05) is 36.4 Å². The fraction of sp³-hybridized carbons (Fsp3) is 0. The molecular formula is C41H27N3O. The smallest absolute Gasteiger partial charge is 0.227 e. The van der Waals surface area contributed by atoms with Gasteiger partial charge in [-0.3, -0.25) is 0 Å². The van der Waals surface area contributed by atoms with Crippen molar-refractivity contribution in [2.45, 2.75) is 0 Å². The van der Waals surface area contributed by atoms with E-state index in [4.69, 9.17) is 9.40 Å². The SMILES string of the molecule is c1ccc(-c2nc3c(ccc4cccc(N(c5ccccc5)c5ccc(-n6c7ccccc7c7ccccc76)cc5)c43)o2)cc1. The van der Waals surface area contributed by atoms with Gasteiger partial charge in [-0.25, -0.2) is 4.98 Å². The van der Waals surface area contributed by atoms with Crippen LogP contribution in [0.4, 0.5) is 17.1 Å². The summed E-state index contributed by atoms with van der Waals surface area (Å²) in [6.07, 6.45) is 0. The molecule has 0 saturated heterocycles. The number of aromatic nitrogens is 2. The molecule has 4 heteroatoms. The van der Waals surface area contributed by atoms with Crippen LogP contribution in [-0.2, 0) is 0 Å². The second kappa shape index (κ2) is 10.2. The van der Waals surface area contributed by atoms with Crippen LogP contribution >= 0.6 is 0 Å². The van der Waals surface area contributed by atoms with Gasteiger partial charge in [0.25, 0.3) is 0 Å². The van der Waals surface area contributed by atoms with Crippen molar-refractivity contribution < 1.29 is 4.42 Å². The molecule has 9 aromatic rings. The maximum atomic E-state index is 6.30. The summed E-state index contributed by atoms with van der Waals surface area (Å²) < 4.78 is 8.65. The summed E-state index contributed by atoms with van der Waals surface area (Å²) in [4.78, 5) is 7.36. The molecule has 7 aromatic carbocycles. The highest BCUT2D eigenvalue weighted by Crippen LogP contribution is 2.42. The average Bonchev–Trinajstić information content (AvgIpc) is 3.70. The summed E-state index contributed by atoms with van der Waals surface area (Å²) in [7, 11) is 0. The maximum Gasteiger partial charge on any atom is 0.227 e. The Morgan fingerprint density at radius 3 is 1.84 bits per heavy atom. The van der Waals surface area contributed by atoms with Crippen molar-refractivity contribution in [2.75, 3.05) is 4.90 Å². The van der Waals surface area contributed by atoms with E-state index in [1.54, 1.807) is 0 Å². The molecule has 0 unspecified atom stereocenters. The second-order valence-electron chi connectivity index (χ2n) is 11.2. The normalized spacial score (nSPS) is 11.6. The highest BCUT2D eigenvalue weighted by molar-refractivity contribution is 6.13. The van der Waals surface area contributed by atoms with Gasteiger partial charge in [-0.2, -0.15) is 0 Å². The van der Waals surface area contributed by atoms with Gasteiger partial charge in [0.15, 0.2) is 5.58 Å². The van der Waals surface area contributed by atoms with Crippen LogP contribution in [0.1, 0.15) is 0 Å². The average molecular weight is 578 g/mol. The van der Waals surface area contributed by atoms with Gasteiger partial charge in [-0.1, -0.05) is 91.0 Å². The lowest BCUT2D eigenvalue weighted by atomic mass is 10.0. The zero-order valence-electron chi connectivity index (χ0n) is 24.3. The van der Waals surface area contributed by atoms with Crippen molar-refractivity contribution >= 4 is 60.7 Å². The van der Waals surface area contributed by atoms with Crippen LogP contribution in [0.5, 0.6) is 0 Å². The minimum atomic E-state index is 0.620. The van der Waals surface area contributed by atoms with E-state index in [1.165, 1.54) is 21.8 Å². The monoisotopic (exact) mass is 577 g/mol. The first-order valence-corrected chi connectivity index (χ1v) is 15.1. The van der Waals surface area contributed by atoms with Gasteiger partial charge < -0.3 is 13.9 Å². The number of para-hydroxylation sites is 3. The molecule has 45 heavy (non-hydrogen) atoms. The first kappa shape index (κ1) is 25.4. The Hall–Kier alpha value is -6.13. The van der Waals surface area contributed by atoms with Crippen LogP contribution in [0.2, 0.25) is 0 Å². The first-order chi connectivity index (χ1) is 22.3. The molecule has 0 aliphatic carbocycles. The molecule has 0 radical (unpaired) electrons. The Morgan fingerprint density at radius 2 is 1.13 bits per heavy atom. The molecule has 2 aromatic heterocycles. The lowest BCUT2D eigenvalue weighted by Crippen LogP contribution is -2.10. The standard InChI is InChI=1S/C41H27N3O/c1-3-12-29(13-4-1)41-42-40-38(45-41)27-22-28-14-11-21-37(39(28)40)43(30-15-5-2-6-16-30)31-23-25-32(26-24-31)44-35-19-9-7-17-33(35)34-18-8-10-20-36(34)44/h1-27H. The summed E-state index contributed by atoms with van der Waals surface area (Å²) in [5, 5.41) is 4.67. The summed E-state index contributed by atoms with van der Waals surface area (Å²) in [6.45, 7) is 0. The Balaban J connectivity index is 1.24. The lowest BCUT2D eigenvalue weighted by molar-refractivity contribution is 0.620. The first-order valence-electron chi connectivity index (χ1n) is 15.1. The summed E-state index contributed by atoms with van der Waals surface area (Å²) in [5.74, 6) is 0.620. The molecule has 0 N–H and O–H groups in total. The van der Waals surface area contributed by atoms with E-state index in [0.717, 1.165) is 50.2 Å². The van der Waals surface area contributed by atoms with Crippen LogP contribution in [0.25, 0.3) is 60.8 Å². The van der Waals surface area contributed by atoms with E-state index in [-0.39, 0.29) is 0 Å². The van der Waals surface area contributed by atoms with Gasteiger partial charge in [0.2, 0.25) is 5.89 Å². The predicted octanol–water partition coefficient (Wildman–Crippen LogP) is 11.2. The molecule has 0 amide bonds. The minimum Gasteiger partial charge on any atom is -0.436 e. The Morgan fingerprint density at radius 1 is 0.511 bits per heavy atom. The molecule has 0 fully saturated rings. The number of nitrogens with zero attached hydrogens (tertiary/aromatic N) is 3. The number of benzene rings is 7. The van der Waals surface area contributed by atoms with Gasteiger partial charge in [-0.15, -0.1) is 0 Å². The summed E-state index contributed by atoms with van der Waals surface area (Å²) in [6, 6.07) is 57.3. The zero-order chi connectivity index (χ0) is 29.7. The molecular weight excluding hydrogens is 550 g/mol. The highest BCUT2D eigenvalue weighted by Gasteiger charge is 2.20. The molecule has 0 spiro atoms.